The van der Waals surface area contributed by atoms with Gasteiger partial charge >= 0.3 is 5.97 Å². The Morgan fingerprint density at radius 1 is 1.09 bits per heavy atom. The SMILES string of the molecule is O=C(COC(=O)[C@@H]1C[C@@H](O)CN1S(=O)(=O)c1ccccc1[N+](=O)[O-])Nc1ccc2ccccc2c1. The van der Waals surface area contributed by atoms with Gasteiger partial charge in [-0.1, -0.05) is 42.5 Å². The number of ether oxygens (including phenoxy) is 1. The van der Waals surface area contributed by atoms with Gasteiger partial charge in [0, 0.05) is 24.7 Å². The van der Waals surface area contributed by atoms with Crippen LogP contribution in [0.4, 0.5) is 11.4 Å². The summed E-state index contributed by atoms with van der Waals surface area (Å²) in [5, 5.41) is 25.8. The van der Waals surface area contributed by atoms with Gasteiger partial charge in [0.2, 0.25) is 0 Å². The third-order valence-electron chi connectivity index (χ3n) is 5.53. The number of hydrogen-bond acceptors (Lipinski definition) is 8. The Morgan fingerprint density at radius 2 is 1.77 bits per heavy atom. The molecule has 1 aliphatic heterocycles. The molecule has 11 nitrogen and oxygen atoms in total. The van der Waals surface area contributed by atoms with Crippen LogP contribution in [-0.2, 0) is 24.3 Å². The number of hydrogen-bond donors (Lipinski definition) is 2. The highest BCUT2D eigenvalue weighted by atomic mass is 32.2. The Hall–Kier alpha value is -3.87. The average Bonchev–Trinajstić information content (AvgIpc) is 3.25. The number of amides is 1. The molecule has 182 valence electrons. The number of aliphatic hydroxyl groups excluding tert-OH is 1. The molecule has 0 aromatic heterocycles. The predicted octanol–water partition coefficient (Wildman–Crippen LogP) is 2.05. The Morgan fingerprint density at radius 3 is 2.51 bits per heavy atom. The lowest BCUT2D eigenvalue weighted by Gasteiger charge is -2.22. The monoisotopic (exact) mass is 499 g/mol. The smallest absolute Gasteiger partial charge is 0.325 e. The number of carbonyl (C=O) groups is 2. The van der Waals surface area contributed by atoms with E-state index >= 15 is 0 Å². The van der Waals surface area contributed by atoms with Gasteiger partial charge in [-0.05, 0) is 29.0 Å². The van der Waals surface area contributed by atoms with Crippen LogP contribution in [0, 0.1) is 10.1 Å². The number of esters is 1. The molecule has 35 heavy (non-hydrogen) atoms. The molecule has 12 heteroatoms. The van der Waals surface area contributed by atoms with Crippen LogP contribution in [0.25, 0.3) is 10.8 Å². The highest BCUT2D eigenvalue weighted by Crippen LogP contribution is 2.32. The van der Waals surface area contributed by atoms with Crippen molar-refractivity contribution in [3.63, 3.8) is 0 Å². The lowest BCUT2D eigenvalue weighted by Crippen LogP contribution is -2.42. The van der Waals surface area contributed by atoms with E-state index in [-0.39, 0.29) is 6.42 Å². The number of para-hydroxylation sites is 1. The second-order valence-corrected chi connectivity index (χ2v) is 9.78. The van der Waals surface area contributed by atoms with Crippen LogP contribution in [0.3, 0.4) is 0 Å². The Kier molecular flexibility index (Phi) is 6.78. The van der Waals surface area contributed by atoms with E-state index in [2.05, 4.69) is 5.32 Å². The van der Waals surface area contributed by atoms with Crippen molar-refractivity contribution in [2.24, 2.45) is 0 Å². The molecule has 0 spiro atoms. The Balaban J connectivity index is 1.45. The fourth-order valence-electron chi connectivity index (χ4n) is 3.91. The van der Waals surface area contributed by atoms with Gasteiger partial charge in [-0.3, -0.25) is 19.7 Å². The minimum atomic E-state index is -4.52. The number of benzene rings is 3. The number of nitro benzene ring substituents is 1. The van der Waals surface area contributed by atoms with Crippen molar-refractivity contribution in [2.45, 2.75) is 23.5 Å². The first-order valence-electron chi connectivity index (χ1n) is 10.6. The summed E-state index contributed by atoms with van der Waals surface area (Å²) in [6.45, 7) is -1.13. The first kappa shape index (κ1) is 24.3. The predicted molar refractivity (Wildman–Crippen MR) is 125 cm³/mol. The van der Waals surface area contributed by atoms with E-state index in [9.17, 15) is 33.2 Å². The molecule has 4 rings (SSSR count). The molecule has 3 aromatic carbocycles. The first-order valence-corrected chi connectivity index (χ1v) is 12.0. The highest BCUT2D eigenvalue weighted by Gasteiger charge is 2.46. The lowest BCUT2D eigenvalue weighted by molar-refractivity contribution is -0.387. The molecule has 0 saturated carbocycles. The van der Waals surface area contributed by atoms with Gasteiger partial charge in [0.05, 0.1) is 11.0 Å². The highest BCUT2D eigenvalue weighted by molar-refractivity contribution is 7.89. The number of sulfonamides is 1. The van der Waals surface area contributed by atoms with E-state index in [0.717, 1.165) is 22.9 Å². The number of carbonyl (C=O) groups excluding carboxylic acids is 2. The second kappa shape index (κ2) is 9.78. The number of rotatable bonds is 7. The largest absolute Gasteiger partial charge is 0.454 e. The Bertz CT molecular complexity index is 1410. The summed E-state index contributed by atoms with van der Waals surface area (Å²) in [5.74, 6) is -1.68. The minimum absolute atomic E-state index is 0.273. The zero-order chi connectivity index (χ0) is 25.2. The number of fused-ring (bicyclic) bond motifs is 1. The molecule has 1 fully saturated rings. The van der Waals surface area contributed by atoms with Gasteiger partial charge in [-0.2, -0.15) is 4.31 Å². The van der Waals surface area contributed by atoms with Crippen LogP contribution in [0.5, 0.6) is 0 Å². The van der Waals surface area contributed by atoms with Gasteiger partial charge < -0.3 is 15.2 Å². The normalized spacial score (nSPS) is 18.3. The number of nitrogens with zero attached hydrogens (tertiary/aromatic N) is 2. The molecule has 1 heterocycles. The molecular formula is C23H21N3O8S. The first-order chi connectivity index (χ1) is 16.7. The fourth-order valence-corrected chi connectivity index (χ4v) is 5.70. The maximum Gasteiger partial charge on any atom is 0.325 e. The van der Waals surface area contributed by atoms with E-state index < -0.39 is 62.7 Å². The van der Waals surface area contributed by atoms with E-state index in [4.69, 9.17) is 4.74 Å². The molecular weight excluding hydrogens is 478 g/mol. The number of nitrogens with one attached hydrogen (secondary N) is 1. The molecule has 2 N–H and O–H groups in total. The lowest BCUT2D eigenvalue weighted by atomic mass is 10.1. The van der Waals surface area contributed by atoms with Crippen molar-refractivity contribution in [1.29, 1.82) is 0 Å². The van der Waals surface area contributed by atoms with Crippen LogP contribution in [0.2, 0.25) is 0 Å². The van der Waals surface area contributed by atoms with Crippen LogP contribution in [0.15, 0.2) is 71.6 Å². The summed E-state index contributed by atoms with van der Waals surface area (Å²) in [5.41, 5.74) is -0.169. The zero-order valence-corrected chi connectivity index (χ0v) is 19.1. The summed E-state index contributed by atoms with van der Waals surface area (Å²) < 4.78 is 32.0. The van der Waals surface area contributed by atoms with Gasteiger partial charge in [0.1, 0.15) is 6.04 Å². The maximum absolute atomic E-state index is 13.1. The second-order valence-electron chi connectivity index (χ2n) is 7.92. The van der Waals surface area contributed by atoms with E-state index in [1.165, 1.54) is 12.1 Å². The molecule has 0 aliphatic carbocycles. The van der Waals surface area contributed by atoms with Crippen molar-refractivity contribution in [3.05, 3.63) is 76.8 Å². The number of anilines is 1. The molecule has 1 aliphatic rings. The van der Waals surface area contributed by atoms with Crippen LogP contribution in [0.1, 0.15) is 6.42 Å². The van der Waals surface area contributed by atoms with Gasteiger partial charge in [0.25, 0.3) is 21.6 Å². The molecule has 0 bridgehead atoms. The van der Waals surface area contributed by atoms with Crippen LogP contribution < -0.4 is 5.32 Å². The topological polar surface area (TPSA) is 156 Å². The molecule has 1 saturated heterocycles. The zero-order valence-electron chi connectivity index (χ0n) is 18.2. The quantitative estimate of drug-likeness (QED) is 0.284. The number of β-amino-alcohol motifs (C(OH)–C–C–N with tert-alkyl or cyclic N) is 1. The molecule has 0 unspecified atom stereocenters. The summed E-state index contributed by atoms with van der Waals surface area (Å²) in [4.78, 5) is 34.8. The molecule has 1 amide bonds. The van der Waals surface area contributed by atoms with Crippen molar-refractivity contribution < 1.29 is 32.8 Å². The third kappa shape index (κ3) is 5.14. The average molecular weight is 500 g/mol. The van der Waals surface area contributed by atoms with Gasteiger partial charge in [-0.15, -0.1) is 0 Å². The number of aliphatic hydroxyl groups is 1. The third-order valence-corrected chi connectivity index (χ3v) is 7.46. The summed E-state index contributed by atoms with van der Waals surface area (Å²) >= 11 is 0. The molecule has 3 aromatic rings. The maximum atomic E-state index is 13.1. The van der Waals surface area contributed by atoms with Gasteiger partial charge in [0.15, 0.2) is 11.5 Å². The van der Waals surface area contributed by atoms with Crippen molar-refractivity contribution in [1.82, 2.24) is 4.31 Å². The summed E-state index contributed by atoms with van der Waals surface area (Å²) in [7, 11) is -4.52. The van der Waals surface area contributed by atoms with E-state index in [0.29, 0.717) is 9.99 Å². The van der Waals surface area contributed by atoms with Crippen molar-refractivity contribution in [3.8, 4) is 0 Å². The van der Waals surface area contributed by atoms with E-state index in [1.54, 1.807) is 12.1 Å². The summed E-state index contributed by atoms with van der Waals surface area (Å²) in [6, 6.07) is 16.1. The van der Waals surface area contributed by atoms with Crippen LogP contribution in [-0.4, -0.2) is 59.9 Å². The van der Waals surface area contributed by atoms with Crippen molar-refractivity contribution in [2.75, 3.05) is 18.5 Å². The standard InChI is InChI=1S/C23H21N3O8S/c27-18-12-20(25(13-18)35(32,33)21-8-4-3-7-19(21)26(30)31)23(29)34-14-22(28)24-17-10-9-15-5-1-2-6-16(15)11-17/h1-11,18,20,27H,12-14H2,(H,24,28)/t18-,20+/m1/s1. The minimum Gasteiger partial charge on any atom is -0.454 e. The van der Waals surface area contributed by atoms with E-state index in [1.807, 2.05) is 30.3 Å². The molecule has 2 atom stereocenters. The fraction of sp³-hybridized carbons (Fsp3) is 0.217. The number of nitro groups is 1. The Labute approximate surface area is 200 Å². The summed E-state index contributed by atoms with van der Waals surface area (Å²) in [6.07, 6.45) is -1.46. The molecule has 0 radical (unpaired) electrons. The van der Waals surface area contributed by atoms with Crippen molar-refractivity contribution >= 4 is 44.0 Å². The van der Waals surface area contributed by atoms with Crippen LogP contribution >= 0.6 is 0 Å². The van der Waals surface area contributed by atoms with Gasteiger partial charge in [-0.25, -0.2) is 8.42 Å².